The van der Waals surface area contributed by atoms with Gasteiger partial charge in [-0.15, -0.1) is 0 Å². The van der Waals surface area contributed by atoms with Crippen LogP contribution in [-0.4, -0.2) is 0 Å². The lowest BCUT2D eigenvalue weighted by atomic mass is 10.1. The summed E-state index contributed by atoms with van der Waals surface area (Å²) in [6.45, 7) is 15.2. The molecule has 0 aliphatic rings. The molecule has 1 heterocycles. The van der Waals surface area contributed by atoms with Crippen molar-refractivity contribution >= 4 is 18.7 Å². The number of aryl methyl sites for hydroxylation is 1. The first-order chi connectivity index (χ1) is 7.10. The summed E-state index contributed by atoms with van der Waals surface area (Å²) in [7, 11) is 0. The van der Waals surface area contributed by atoms with Crippen molar-refractivity contribution in [3.8, 4) is 0 Å². The van der Waals surface area contributed by atoms with Crippen molar-refractivity contribution in [3.05, 3.63) is 52.8 Å². The molecule has 1 aromatic rings. The van der Waals surface area contributed by atoms with Crippen LogP contribution in [0, 0.1) is 6.92 Å². The van der Waals surface area contributed by atoms with Gasteiger partial charge in [-0.25, -0.2) is 0 Å². The van der Waals surface area contributed by atoms with Gasteiger partial charge in [0.25, 0.3) is 0 Å². The molecule has 0 saturated heterocycles. The molecule has 1 aromatic heterocycles. The standard InChI is InChI=1S/C14H16O/c1-6-8-13-11(4)15-12(5)14(13)9-10(3)7-2/h6-9H,1-2,4H2,3,5H3/b10-9-,13-8+. The quantitative estimate of drug-likeness (QED) is 0.683. The number of rotatable bonds is 3. The molecular formula is C14H16O. The van der Waals surface area contributed by atoms with Gasteiger partial charge in [0.1, 0.15) is 11.2 Å². The fourth-order valence-corrected chi connectivity index (χ4v) is 1.40. The van der Waals surface area contributed by atoms with Crippen LogP contribution in [0.1, 0.15) is 18.2 Å². The van der Waals surface area contributed by atoms with E-state index in [9.17, 15) is 0 Å². The van der Waals surface area contributed by atoms with Crippen molar-refractivity contribution in [2.24, 2.45) is 0 Å². The highest BCUT2D eigenvalue weighted by Crippen LogP contribution is 2.07. The van der Waals surface area contributed by atoms with Crippen LogP contribution in [0.3, 0.4) is 0 Å². The summed E-state index contributed by atoms with van der Waals surface area (Å²) in [6.07, 6.45) is 7.49. The first kappa shape index (κ1) is 11.3. The van der Waals surface area contributed by atoms with Gasteiger partial charge in [-0.1, -0.05) is 43.5 Å². The Labute approximate surface area is 90.4 Å². The first-order valence-electron chi connectivity index (χ1n) is 4.82. The van der Waals surface area contributed by atoms with Crippen molar-refractivity contribution in [1.82, 2.24) is 0 Å². The van der Waals surface area contributed by atoms with Crippen LogP contribution >= 0.6 is 0 Å². The van der Waals surface area contributed by atoms with Gasteiger partial charge in [0.15, 0.2) is 0 Å². The second kappa shape index (κ2) is 4.65. The minimum Gasteiger partial charge on any atom is -0.461 e. The van der Waals surface area contributed by atoms with Crippen LogP contribution in [0.2, 0.25) is 0 Å². The van der Waals surface area contributed by atoms with Crippen LogP contribution in [0.4, 0.5) is 0 Å². The first-order valence-corrected chi connectivity index (χ1v) is 4.82. The predicted molar refractivity (Wildman–Crippen MR) is 66.7 cm³/mol. The molecule has 15 heavy (non-hydrogen) atoms. The largest absolute Gasteiger partial charge is 0.461 e. The van der Waals surface area contributed by atoms with Gasteiger partial charge in [-0.2, -0.15) is 0 Å². The summed E-state index contributed by atoms with van der Waals surface area (Å²) in [5.41, 5.74) is 2.82. The average molecular weight is 200 g/mol. The fraction of sp³-hybridized carbons (Fsp3) is 0.143. The maximum atomic E-state index is 5.47. The van der Waals surface area contributed by atoms with E-state index < -0.39 is 0 Å². The molecule has 0 fully saturated rings. The van der Waals surface area contributed by atoms with E-state index >= 15 is 0 Å². The summed E-state index contributed by atoms with van der Waals surface area (Å²) >= 11 is 0. The van der Waals surface area contributed by atoms with E-state index in [4.69, 9.17) is 4.42 Å². The Hall–Kier alpha value is -1.76. The fourth-order valence-electron chi connectivity index (χ4n) is 1.40. The monoisotopic (exact) mass is 200 g/mol. The Morgan fingerprint density at radius 2 is 2.00 bits per heavy atom. The van der Waals surface area contributed by atoms with E-state index in [0.717, 1.165) is 22.1 Å². The van der Waals surface area contributed by atoms with E-state index in [2.05, 4.69) is 19.7 Å². The minimum atomic E-state index is 0.676. The third-order valence-electron chi connectivity index (χ3n) is 2.22. The summed E-state index contributed by atoms with van der Waals surface area (Å²) in [6, 6.07) is 0. The molecule has 0 N–H and O–H groups in total. The van der Waals surface area contributed by atoms with Crippen molar-refractivity contribution in [2.45, 2.75) is 13.8 Å². The highest BCUT2D eigenvalue weighted by molar-refractivity contribution is 5.59. The molecule has 78 valence electrons. The van der Waals surface area contributed by atoms with Crippen LogP contribution < -0.4 is 10.6 Å². The summed E-state index contributed by atoms with van der Waals surface area (Å²) in [5, 5.41) is 0.990. The van der Waals surface area contributed by atoms with Crippen LogP contribution in [0.25, 0.3) is 18.7 Å². The lowest BCUT2D eigenvalue weighted by molar-refractivity contribution is 0.502. The molecule has 0 amide bonds. The molecule has 1 heteroatoms. The van der Waals surface area contributed by atoms with Gasteiger partial charge in [0, 0.05) is 10.8 Å². The van der Waals surface area contributed by atoms with Gasteiger partial charge >= 0.3 is 0 Å². The highest BCUT2D eigenvalue weighted by atomic mass is 16.3. The molecule has 0 radical (unpaired) electrons. The maximum Gasteiger partial charge on any atom is 0.127 e. The Balaban J connectivity index is 3.54. The third-order valence-corrected chi connectivity index (χ3v) is 2.22. The summed E-state index contributed by atoms with van der Waals surface area (Å²) < 4.78 is 5.47. The van der Waals surface area contributed by atoms with Crippen LogP contribution in [0.15, 0.2) is 35.3 Å². The van der Waals surface area contributed by atoms with Crippen molar-refractivity contribution in [1.29, 1.82) is 0 Å². The molecule has 0 atom stereocenters. The zero-order valence-corrected chi connectivity index (χ0v) is 9.34. The SMILES string of the molecule is C=C/C=c1/c(/C=C(/C)C=C)c(C)oc1=C. The number of hydrogen-bond donors (Lipinski definition) is 0. The van der Waals surface area contributed by atoms with Gasteiger partial charge in [-0.3, -0.25) is 0 Å². The molecule has 0 aromatic carbocycles. The van der Waals surface area contributed by atoms with E-state index in [0.29, 0.717) is 5.42 Å². The summed E-state index contributed by atoms with van der Waals surface area (Å²) in [4.78, 5) is 0. The third kappa shape index (κ3) is 2.38. The molecule has 0 unspecified atom stereocenters. The Kier molecular flexibility index (Phi) is 3.51. The second-order valence-corrected chi connectivity index (χ2v) is 3.40. The van der Waals surface area contributed by atoms with Crippen molar-refractivity contribution < 1.29 is 4.42 Å². The highest BCUT2D eigenvalue weighted by Gasteiger charge is 2.03. The van der Waals surface area contributed by atoms with Crippen molar-refractivity contribution in [3.63, 3.8) is 0 Å². The van der Waals surface area contributed by atoms with E-state index in [1.165, 1.54) is 0 Å². The van der Waals surface area contributed by atoms with Gasteiger partial charge < -0.3 is 4.42 Å². The Morgan fingerprint density at radius 1 is 1.33 bits per heavy atom. The maximum absolute atomic E-state index is 5.47. The topological polar surface area (TPSA) is 13.1 Å². The number of hydrogen-bond acceptors (Lipinski definition) is 1. The molecule has 0 spiro atoms. The van der Waals surface area contributed by atoms with E-state index in [1.54, 1.807) is 6.08 Å². The normalized spacial score (nSPS) is 12.9. The minimum absolute atomic E-state index is 0.676. The number of allylic oxidation sites excluding steroid dienone is 3. The zero-order chi connectivity index (χ0) is 11.4. The lowest BCUT2D eigenvalue weighted by Crippen LogP contribution is -2.19. The van der Waals surface area contributed by atoms with Gasteiger partial charge in [-0.05, 0) is 19.9 Å². The van der Waals surface area contributed by atoms with E-state index in [-0.39, 0.29) is 0 Å². The molecular weight excluding hydrogens is 184 g/mol. The average Bonchev–Trinajstić information content (AvgIpc) is 2.45. The number of furan rings is 1. The van der Waals surface area contributed by atoms with Gasteiger partial charge in [0.2, 0.25) is 0 Å². The zero-order valence-electron chi connectivity index (χ0n) is 9.34. The predicted octanol–water partition coefficient (Wildman–Crippen LogP) is 2.55. The van der Waals surface area contributed by atoms with Crippen LogP contribution in [0.5, 0.6) is 0 Å². The molecule has 0 aliphatic carbocycles. The molecule has 0 aliphatic heterocycles. The van der Waals surface area contributed by atoms with Crippen LogP contribution in [-0.2, 0) is 0 Å². The molecule has 0 bridgehead atoms. The lowest BCUT2D eigenvalue weighted by Gasteiger charge is -1.92. The molecule has 1 rings (SSSR count). The van der Waals surface area contributed by atoms with Gasteiger partial charge in [0.05, 0.1) is 0 Å². The Bertz CT molecular complexity index is 512. The molecule has 0 saturated carbocycles. The van der Waals surface area contributed by atoms with Crippen molar-refractivity contribution in [2.75, 3.05) is 0 Å². The second-order valence-electron chi connectivity index (χ2n) is 3.40. The van der Waals surface area contributed by atoms with E-state index in [1.807, 2.05) is 32.1 Å². The smallest absolute Gasteiger partial charge is 0.127 e. The summed E-state index contributed by atoms with van der Waals surface area (Å²) in [5.74, 6) is 0.870. The molecule has 1 nitrogen and oxygen atoms in total. The Morgan fingerprint density at radius 3 is 2.53 bits per heavy atom.